The van der Waals surface area contributed by atoms with Crippen LogP contribution in [0.25, 0.3) is 0 Å². The molecule has 0 spiro atoms. The van der Waals surface area contributed by atoms with E-state index in [9.17, 15) is 9.59 Å². The van der Waals surface area contributed by atoms with Crippen LogP contribution in [0, 0.1) is 0 Å². The molecule has 0 bridgehead atoms. The van der Waals surface area contributed by atoms with Gasteiger partial charge in [0.1, 0.15) is 6.10 Å². The van der Waals surface area contributed by atoms with Gasteiger partial charge in [-0.3, -0.25) is 4.79 Å². The molecule has 0 aromatic rings. The second-order valence-corrected chi connectivity index (χ2v) is 3.54. The van der Waals surface area contributed by atoms with E-state index in [2.05, 4.69) is 6.58 Å². The van der Waals surface area contributed by atoms with Crippen molar-refractivity contribution in [3.63, 3.8) is 0 Å². The SMILES string of the molecule is C=CCN(C)C(=O)C1CCC(C(=O)O)O1. The zero-order chi connectivity index (χ0) is 11.4. The van der Waals surface area contributed by atoms with E-state index in [1.807, 2.05) is 0 Å². The molecule has 5 nitrogen and oxygen atoms in total. The van der Waals surface area contributed by atoms with Crippen molar-refractivity contribution >= 4 is 11.9 Å². The van der Waals surface area contributed by atoms with E-state index in [4.69, 9.17) is 9.84 Å². The number of ether oxygens (including phenoxy) is 1. The Morgan fingerprint density at radius 1 is 1.53 bits per heavy atom. The Hall–Kier alpha value is -1.36. The Labute approximate surface area is 88.3 Å². The summed E-state index contributed by atoms with van der Waals surface area (Å²) in [6, 6.07) is 0. The third-order valence-electron chi connectivity index (χ3n) is 2.35. The van der Waals surface area contributed by atoms with Crippen LogP contribution in [-0.2, 0) is 14.3 Å². The molecule has 1 heterocycles. The zero-order valence-electron chi connectivity index (χ0n) is 8.68. The van der Waals surface area contributed by atoms with Gasteiger partial charge in [0.05, 0.1) is 0 Å². The molecule has 1 saturated heterocycles. The first kappa shape index (κ1) is 11.7. The Bertz CT molecular complexity index is 277. The molecule has 0 aromatic heterocycles. The Morgan fingerprint density at radius 3 is 2.60 bits per heavy atom. The zero-order valence-corrected chi connectivity index (χ0v) is 8.68. The van der Waals surface area contributed by atoms with Gasteiger partial charge in [0.15, 0.2) is 6.10 Å². The lowest BCUT2D eigenvalue weighted by atomic mass is 10.2. The fourth-order valence-electron chi connectivity index (χ4n) is 1.53. The lowest BCUT2D eigenvalue weighted by Gasteiger charge is -2.19. The number of hydrogen-bond donors (Lipinski definition) is 1. The summed E-state index contributed by atoms with van der Waals surface area (Å²) in [4.78, 5) is 23.7. The second kappa shape index (κ2) is 4.93. The number of carboxylic acids is 1. The Morgan fingerprint density at radius 2 is 2.13 bits per heavy atom. The molecule has 1 rings (SSSR count). The maximum Gasteiger partial charge on any atom is 0.332 e. The van der Waals surface area contributed by atoms with Gasteiger partial charge in [0, 0.05) is 13.6 Å². The van der Waals surface area contributed by atoms with Crippen LogP contribution in [0.15, 0.2) is 12.7 Å². The van der Waals surface area contributed by atoms with Crippen molar-refractivity contribution in [2.45, 2.75) is 25.0 Å². The monoisotopic (exact) mass is 213 g/mol. The van der Waals surface area contributed by atoms with Gasteiger partial charge < -0.3 is 14.7 Å². The van der Waals surface area contributed by atoms with Gasteiger partial charge >= 0.3 is 5.97 Å². The molecule has 84 valence electrons. The van der Waals surface area contributed by atoms with Crippen LogP contribution >= 0.6 is 0 Å². The van der Waals surface area contributed by atoms with E-state index in [0.717, 1.165) is 0 Å². The highest BCUT2D eigenvalue weighted by Crippen LogP contribution is 2.21. The number of carbonyl (C=O) groups excluding carboxylic acids is 1. The molecule has 0 aliphatic carbocycles. The van der Waals surface area contributed by atoms with Crippen LogP contribution in [0.5, 0.6) is 0 Å². The molecule has 1 aliphatic rings. The van der Waals surface area contributed by atoms with E-state index >= 15 is 0 Å². The predicted molar refractivity (Wildman–Crippen MR) is 53.4 cm³/mol. The van der Waals surface area contributed by atoms with Crippen molar-refractivity contribution in [3.8, 4) is 0 Å². The van der Waals surface area contributed by atoms with Gasteiger partial charge in [-0.2, -0.15) is 0 Å². The number of amides is 1. The lowest BCUT2D eigenvalue weighted by molar-refractivity contribution is -0.154. The Balaban J connectivity index is 2.49. The first-order valence-electron chi connectivity index (χ1n) is 4.80. The van der Waals surface area contributed by atoms with Crippen LogP contribution in [0.4, 0.5) is 0 Å². The third-order valence-corrected chi connectivity index (χ3v) is 2.35. The molecule has 5 heteroatoms. The van der Waals surface area contributed by atoms with Crippen LogP contribution in [-0.4, -0.2) is 47.7 Å². The average molecular weight is 213 g/mol. The summed E-state index contributed by atoms with van der Waals surface area (Å²) in [5, 5.41) is 8.69. The molecule has 1 fully saturated rings. The number of hydrogen-bond acceptors (Lipinski definition) is 3. The van der Waals surface area contributed by atoms with Crippen LogP contribution in [0.1, 0.15) is 12.8 Å². The normalized spacial score (nSPS) is 24.9. The van der Waals surface area contributed by atoms with Crippen molar-refractivity contribution in [2.24, 2.45) is 0 Å². The molecule has 1 amide bonds. The first-order chi connectivity index (χ1) is 7.06. The number of likely N-dealkylation sites (N-methyl/N-ethyl adjacent to an activating group) is 1. The minimum Gasteiger partial charge on any atom is -0.479 e. The average Bonchev–Trinajstić information content (AvgIpc) is 2.65. The smallest absolute Gasteiger partial charge is 0.332 e. The fourth-order valence-corrected chi connectivity index (χ4v) is 1.53. The first-order valence-corrected chi connectivity index (χ1v) is 4.80. The summed E-state index contributed by atoms with van der Waals surface area (Å²) < 4.78 is 5.13. The second-order valence-electron chi connectivity index (χ2n) is 3.54. The number of nitrogens with zero attached hydrogens (tertiary/aromatic N) is 1. The van der Waals surface area contributed by atoms with Crippen LogP contribution in [0.3, 0.4) is 0 Å². The number of carbonyl (C=O) groups is 2. The van der Waals surface area contributed by atoms with Gasteiger partial charge in [-0.05, 0) is 12.8 Å². The van der Waals surface area contributed by atoms with Crippen LogP contribution in [0.2, 0.25) is 0 Å². The maximum atomic E-state index is 11.7. The molecule has 0 aromatic carbocycles. The largest absolute Gasteiger partial charge is 0.479 e. The van der Waals surface area contributed by atoms with E-state index in [1.165, 1.54) is 4.90 Å². The highest BCUT2D eigenvalue weighted by molar-refractivity contribution is 5.82. The van der Waals surface area contributed by atoms with Crippen molar-refractivity contribution in [1.82, 2.24) is 4.90 Å². The molecule has 0 saturated carbocycles. The molecular weight excluding hydrogens is 198 g/mol. The van der Waals surface area contributed by atoms with Gasteiger partial charge in [-0.1, -0.05) is 6.08 Å². The van der Waals surface area contributed by atoms with Crippen molar-refractivity contribution < 1.29 is 19.4 Å². The summed E-state index contributed by atoms with van der Waals surface area (Å²) in [7, 11) is 1.64. The summed E-state index contributed by atoms with van der Waals surface area (Å²) >= 11 is 0. The summed E-state index contributed by atoms with van der Waals surface area (Å²) in [5.74, 6) is -1.18. The van der Waals surface area contributed by atoms with Gasteiger partial charge in [-0.15, -0.1) is 6.58 Å². The van der Waals surface area contributed by atoms with E-state index in [0.29, 0.717) is 19.4 Å². The lowest BCUT2D eigenvalue weighted by Crippen LogP contribution is -2.37. The highest BCUT2D eigenvalue weighted by atomic mass is 16.5. The molecular formula is C10H15NO4. The third kappa shape index (κ3) is 2.79. The minimum atomic E-state index is -1.00. The topological polar surface area (TPSA) is 66.8 Å². The standard InChI is InChI=1S/C10H15NO4/c1-3-6-11(2)9(12)7-4-5-8(15-7)10(13)14/h3,7-8H,1,4-6H2,2H3,(H,13,14). The highest BCUT2D eigenvalue weighted by Gasteiger charge is 2.35. The number of rotatable bonds is 4. The van der Waals surface area contributed by atoms with E-state index < -0.39 is 18.2 Å². The van der Waals surface area contributed by atoms with Crippen LogP contribution < -0.4 is 0 Å². The molecule has 2 atom stereocenters. The molecule has 2 unspecified atom stereocenters. The Kier molecular flexibility index (Phi) is 3.85. The summed E-state index contributed by atoms with van der Waals surface area (Å²) in [6.45, 7) is 3.96. The van der Waals surface area contributed by atoms with Crippen molar-refractivity contribution in [3.05, 3.63) is 12.7 Å². The number of carboxylic acid groups (broad SMARTS) is 1. The van der Waals surface area contributed by atoms with Gasteiger partial charge in [-0.25, -0.2) is 4.79 Å². The molecule has 1 N–H and O–H groups in total. The molecule has 1 aliphatic heterocycles. The predicted octanol–water partition coefficient (Wildman–Crippen LogP) is 0.263. The van der Waals surface area contributed by atoms with Gasteiger partial charge in [0.2, 0.25) is 0 Å². The van der Waals surface area contributed by atoms with Crippen molar-refractivity contribution in [1.29, 1.82) is 0 Å². The quantitative estimate of drug-likeness (QED) is 0.680. The van der Waals surface area contributed by atoms with E-state index in [-0.39, 0.29) is 5.91 Å². The maximum absolute atomic E-state index is 11.7. The molecule has 0 radical (unpaired) electrons. The molecule has 15 heavy (non-hydrogen) atoms. The minimum absolute atomic E-state index is 0.182. The van der Waals surface area contributed by atoms with E-state index in [1.54, 1.807) is 13.1 Å². The van der Waals surface area contributed by atoms with Crippen molar-refractivity contribution in [2.75, 3.05) is 13.6 Å². The van der Waals surface area contributed by atoms with Gasteiger partial charge in [0.25, 0.3) is 5.91 Å². The summed E-state index contributed by atoms with van der Waals surface area (Å²) in [6.07, 6.45) is 1.03. The summed E-state index contributed by atoms with van der Waals surface area (Å²) in [5.41, 5.74) is 0. The number of aliphatic carboxylic acids is 1. The fraction of sp³-hybridized carbons (Fsp3) is 0.600.